The zero-order chi connectivity index (χ0) is 19.1. The first kappa shape index (κ1) is 18.8. The van der Waals surface area contributed by atoms with E-state index in [9.17, 15) is 14.0 Å². The fourth-order valence-corrected chi connectivity index (χ4v) is 2.98. The number of rotatable bonds is 6. The molecule has 0 spiro atoms. The fraction of sp³-hybridized carbons (Fsp3) is 0.300. The molecule has 1 aliphatic heterocycles. The van der Waals surface area contributed by atoms with Gasteiger partial charge in [0, 0.05) is 37.6 Å². The molecule has 2 N–H and O–H groups in total. The van der Waals surface area contributed by atoms with Crippen molar-refractivity contribution in [3.8, 4) is 0 Å². The number of amides is 2. The van der Waals surface area contributed by atoms with Crippen molar-refractivity contribution >= 4 is 23.2 Å². The molecule has 3 rings (SSSR count). The van der Waals surface area contributed by atoms with Gasteiger partial charge in [0.2, 0.25) is 11.8 Å². The number of halogens is 1. The average Bonchev–Trinajstić information content (AvgIpc) is 2.69. The summed E-state index contributed by atoms with van der Waals surface area (Å²) in [7, 11) is 0. The third-order valence-electron chi connectivity index (χ3n) is 4.43. The van der Waals surface area contributed by atoms with E-state index in [1.165, 1.54) is 30.0 Å². The summed E-state index contributed by atoms with van der Waals surface area (Å²) in [4.78, 5) is 28.3. The van der Waals surface area contributed by atoms with Gasteiger partial charge in [-0.1, -0.05) is 18.2 Å². The van der Waals surface area contributed by atoms with Crippen molar-refractivity contribution in [3.63, 3.8) is 0 Å². The summed E-state index contributed by atoms with van der Waals surface area (Å²) in [6.45, 7) is 3.48. The molecule has 1 saturated heterocycles. The predicted octanol–water partition coefficient (Wildman–Crippen LogP) is 1.70. The number of anilines is 2. The third kappa shape index (κ3) is 5.79. The summed E-state index contributed by atoms with van der Waals surface area (Å²) < 4.78 is 12.8. The molecule has 0 unspecified atom stereocenters. The summed E-state index contributed by atoms with van der Waals surface area (Å²) in [5, 5.41) is 5.24. The normalized spacial score (nSPS) is 14.6. The number of nitrogens with one attached hydrogen (secondary N) is 2. The standard InChI is InChI=1S/C20H23FN4O2/c21-16-6-8-17(9-7-16)23-19(26)14-22-20(27)15-24-10-12-25(13-11-24)18-4-2-1-3-5-18/h1-9H,10-15H2,(H,22,27)(H,23,26). The fourth-order valence-electron chi connectivity index (χ4n) is 2.98. The lowest BCUT2D eigenvalue weighted by Gasteiger charge is -2.35. The lowest BCUT2D eigenvalue weighted by molar-refractivity contribution is -0.125. The van der Waals surface area contributed by atoms with Crippen molar-refractivity contribution in [2.75, 3.05) is 49.5 Å². The molecule has 1 fully saturated rings. The van der Waals surface area contributed by atoms with Gasteiger partial charge in [-0.25, -0.2) is 4.39 Å². The smallest absolute Gasteiger partial charge is 0.243 e. The van der Waals surface area contributed by atoms with Crippen LogP contribution in [-0.4, -0.2) is 56.0 Å². The second kappa shape index (κ2) is 9.14. The maximum Gasteiger partial charge on any atom is 0.243 e. The van der Waals surface area contributed by atoms with Crippen LogP contribution in [-0.2, 0) is 9.59 Å². The van der Waals surface area contributed by atoms with Crippen LogP contribution in [0.4, 0.5) is 15.8 Å². The number of piperazine rings is 1. The van der Waals surface area contributed by atoms with Gasteiger partial charge in [0.1, 0.15) is 5.82 Å². The highest BCUT2D eigenvalue weighted by Gasteiger charge is 2.19. The van der Waals surface area contributed by atoms with Gasteiger partial charge in [-0.2, -0.15) is 0 Å². The van der Waals surface area contributed by atoms with Crippen LogP contribution in [0.25, 0.3) is 0 Å². The Morgan fingerprint density at radius 1 is 0.889 bits per heavy atom. The lowest BCUT2D eigenvalue weighted by Crippen LogP contribution is -2.50. The van der Waals surface area contributed by atoms with E-state index >= 15 is 0 Å². The maximum absolute atomic E-state index is 12.8. The Balaban J connectivity index is 1.36. The van der Waals surface area contributed by atoms with Crippen LogP contribution in [0.5, 0.6) is 0 Å². The van der Waals surface area contributed by atoms with Crippen molar-refractivity contribution in [2.24, 2.45) is 0 Å². The topological polar surface area (TPSA) is 64.7 Å². The molecule has 0 bridgehead atoms. The SMILES string of the molecule is O=C(CN1CCN(c2ccccc2)CC1)NCC(=O)Nc1ccc(F)cc1. The van der Waals surface area contributed by atoms with Crippen molar-refractivity contribution < 1.29 is 14.0 Å². The van der Waals surface area contributed by atoms with Crippen LogP contribution in [0.15, 0.2) is 54.6 Å². The zero-order valence-electron chi connectivity index (χ0n) is 15.0. The Morgan fingerprint density at radius 2 is 1.56 bits per heavy atom. The third-order valence-corrected chi connectivity index (χ3v) is 4.43. The van der Waals surface area contributed by atoms with Crippen LogP contribution in [0.2, 0.25) is 0 Å². The monoisotopic (exact) mass is 370 g/mol. The molecular weight excluding hydrogens is 347 g/mol. The first-order valence-electron chi connectivity index (χ1n) is 8.94. The number of carbonyl (C=O) groups excluding carboxylic acids is 2. The summed E-state index contributed by atoms with van der Waals surface area (Å²) in [5.74, 6) is -0.894. The second-order valence-corrected chi connectivity index (χ2v) is 6.43. The van der Waals surface area contributed by atoms with Crippen molar-refractivity contribution in [2.45, 2.75) is 0 Å². The van der Waals surface area contributed by atoms with Gasteiger partial charge >= 0.3 is 0 Å². The summed E-state index contributed by atoms with van der Waals surface area (Å²) in [5.41, 5.74) is 1.69. The summed E-state index contributed by atoms with van der Waals surface area (Å²) in [6, 6.07) is 15.7. The van der Waals surface area contributed by atoms with Gasteiger partial charge in [0.25, 0.3) is 0 Å². The maximum atomic E-state index is 12.8. The zero-order valence-corrected chi connectivity index (χ0v) is 15.0. The first-order chi connectivity index (χ1) is 13.1. The van der Waals surface area contributed by atoms with Gasteiger partial charge in [-0.3, -0.25) is 14.5 Å². The molecule has 0 aliphatic carbocycles. The largest absolute Gasteiger partial charge is 0.369 e. The Morgan fingerprint density at radius 3 is 2.22 bits per heavy atom. The Bertz CT molecular complexity index is 759. The molecule has 2 aromatic rings. The van der Waals surface area contributed by atoms with Crippen LogP contribution in [0.1, 0.15) is 0 Å². The highest BCUT2D eigenvalue weighted by Crippen LogP contribution is 2.15. The highest BCUT2D eigenvalue weighted by atomic mass is 19.1. The molecule has 1 aliphatic rings. The van der Waals surface area contributed by atoms with Crippen molar-refractivity contribution in [1.82, 2.24) is 10.2 Å². The van der Waals surface area contributed by atoms with E-state index < -0.39 is 0 Å². The molecule has 0 radical (unpaired) electrons. The summed E-state index contributed by atoms with van der Waals surface area (Å²) in [6.07, 6.45) is 0. The van der Waals surface area contributed by atoms with E-state index in [0.29, 0.717) is 5.69 Å². The highest BCUT2D eigenvalue weighted by molar-refractivity contribution is 5.94. The van der Waals surface area contributed by atoms with E-state index in [1.807, 2.05) is 18.2 Å². The average molecular weight is 370 g/mol. The van der Waals surface area contributed by atoms with Crippen LogP contribution in [0, 0.1) is 5.82 Å². The molecule has 142 valence electrons. The van der Waals surface area contributed by atoms with E-state index in [1.54, 1.807) is 0 Å². The second-order valence-electron chi connectivity index (χ2n) is 6.43. The van der Waals surface area contributed by atoms with Crippen molar-refractivity contribution in [3.05, 3.63) is 60.4 Å². The number of nitrogens with zero attached hydrogens (tertiary/aromatic N) is 2. The molecule has 1 heterocycles. The molecule has 0 atom stereocenters. The van der Waals surface area contributed by atoms with Crippen LogP contribution < -0.4 is 15.5 Å². The number of carbonyl (C=O) groups is 2. The van der Waals surface area contributed by atoms with E-state index in [2.05, 4.69) is 32.6 Å². The molecule has 2 aromatic carbocycles. The van der Waals surface area contributed by atoms with Gasteiger partial charge in [0.05, 0.1) is 13.1 Å². The van der Waals surface area contributed by atoms with Gasteiger partial charge in [0.15, 0.2) is 0 Å². The quantitative estimate of drug-likeness (QED) is 0.813. The molecule has 7 heteroatoms. The molecule has 0 saturated carbocycles. The van der Waals surface area contributed by atoms with Gasteiger partial charge < -0.3 is 15.5 Å². The van der Waals surface area contributed by atoms with E-state index in [-0.39, 0.29) is 30.7 Å². The molecule has 2 amide bonds. The molecule has 0 aromatic heterocycles. The van der Waals surface area contributed by atoms with Crippen molar-refractivity contribution in [1.29, 1.82) is 0 Å². The number of benzene rings is 2. The Labute approximate surface area is 158 Å². The van der Waals surface area contributed by atoms with Gasteiger partial charge in [-0.15, -0.1) is 0 Å². The van der Waals surface area contributed by atoms with E-state index in [4.69, 9.17) is 0 Å². The minimum absolute atomic E-state index is 0.111. The van der Waals surface area contributed by atoms with Gasteiger partial charge in [-0.05, 0) is 36.4 Å². The van der Waals surface area contributed by atoms with Crippen LogP contribution >= 0.6 is 0 Å². The lowest BCUT2D eigenvalue weighted by atomic mass is 10.2. The van der Waals surface area contributed by atoms with Crippen LogP contribution in [0.3, 0.4) is 0 Å². The molecule has 27 heavy (non-hydrogen) atoms. The predicted molar refractivity (Wildman–Crippen MR) is 103 cm³/mol. The summed E-state index contributed by atoms with van der Waals surface area (Å²) >= 11 is 0. The molecule has 6 nitrogen and oxygen atoms in total. The minimum Gasteiger partial charge on any atom is -0.369 e. The van der Waals surface area contributed by atoms with E-state index in [0.717, 1.165) is 26.2 Å². The Hall–Kier alpha value is -2.93. The Kier molecular flexibility index (Phi) is 6.38. The minimum atomic E-state index is -0.367. The number of para-hydroxylation sites is 1. The number of hydrogen-bond donors (Lipinski definition) is 2. The number of hydrogen-bond acceptors (Lipinski definition) is 4. The molecular formula is C20H23FN4O2. The first-order valence-corrected chi connectivity index (χ1v) is 8.94.